The summed E-state index contributed by atoms with van der Waals surface area (Å²) < 4.78 is 0. The fourth-order valence-corrected chi connectivity index (χ4v) is 4.23. The molecule has 1 aliphatic carbocycles. The average Bonchev–Trinajstić information content (AvgIpc) is 2.63. The van der Waals surface area contributed by atoms with Gasteiger partial charge in [0.25, 0.3) is 0 Å². The van der Waals surface area contributed by atoms with Gasteiger partial charge in [0.1, 0.15) is 0 Å². The summed E-state index contributed by atoms with van der Waals surface area (Å²) in [4.78, 5) is 26.7. The number of carbonyl (C=O) groups is 2. The molecule has 3 fully saturated rings. The smallest absolute Gasteiger partial charge is 0.315 e. The molecule has 0 bridgehead atoms. The Kier molecular flexibility index (Phi) is 6.35. The first-order chi connectivity index (χ1) is 11.7. The highest BCUT2D eigenvalue weighted by Gasteiger charge is 2.29. The fourth-order valence-electron chi connectivity index (χ4n) is 4.23. The standard InChI is InChI=1S/C18H32N4O2/c23-17(14-6-10-19-11-7-14)22-12-8-16(9-13-22)21-18(24)20-15-4-2-1-3-5-15/h14-16,19H,1-13H2,(H2,20,21,24). The highest BCUT2D eigenvalue weighted by atomic mass is 16.2. The maximum atomic E-state index is 12.5. The zero-order valence-corrected chi connectivity index (χ0v) is 14.7. The Hall–Kier alpha value is -1.30. The van der Waals surface area contributed by atoms with Crippen molar-refractivity contribution in [2.75, 3.05) is 26.2 Å². The maximum Gasteiger partial charge on any atom is 0.315 e. The predicted octanol–water partition coefficient (Wildman–Crippen LogP) is 1.61. The number of piperidine rings is 2. The van der Waals surface area contributed by atoms with Gasteiger partial charge in [-0.05, 0) is 51.6 Å². The Balaban J connectivity index is 1.36. The van der Waals surface area contributed by atoms with Crippen LogP contribution in [-0.2, 0) is 4.79 Å². The van der Waals surface area contributed by atoms with Crippen LogP contribution in [0.3, 0.4) is 0 Å². The highest BCUT2D eigenvalue weighted by Crippen LogP contribution is 2.20. The van der Waals surface area contributed by atoms with Gasteiger partial charge in [-0.3, -0.25) is 4.79 Å². The van der Waals surface area contributed by atoms with Gasteiger partial charge >= 0.3 is 6.03 Å². The number of urea groups is 1. The van der Waals surface area contributed by atoms with Crippen molar-refractivity contribution in [3.05, 3.63) is 0 Å². The van der Waals surface area contributed by atoms with Crippen LogP contribution in [0.4, 0.5) is 4.79 Å². The number of rotatable bonds is 3. The minimum absolute atomic E-state index is 0.0231. The first-order valence-corrected chi connectivity index (χ1v) is 9.79. The molecule has 3 amide bonds. The molecule has 0 aromatic heterocycles. The Morgan fingerprint density at radius 3 is 2.00 bits per heavy atom. The van der Waals surface area contributed by atoms with E-state index >= 15 is 0 Å². The molecule has 0 atom stereocenters. The van der Waals surface area contributed by atoms with Gasteiger partial charge in [0.15, 0.2) is 0 Å². The molecule has 1 saturated carbocycles. The van der Waals surface area contributed by atoms with Gasteiger partial charge < -0.3 is 20.9 Å². The van der Waals surface area contributed by atoms with E-state index in [0.29, 0.717) is 11.9 Å². The molecule has 2 saturated heterocycles. The third-order valence-corrected chi connectivity index (χ3v) is 5.77. The summed E-state index contributed by atoms with van der Waals surface area (Å²) in [5, 5.41) is 9.53. The third-order valence-electron chi connectivity index (χ3n) is 5.77. The molecule has 3 aliphatic rings. The summed E-state index contributed by atoms with van der Waals surface area (Å²) in [5.74, 6) is 0.520. The van der Waals surface area contributed by atoms with Gasteiger partial charge in [0.2, 0.25) is 5.91 Å². The quantitative estimate of drug-likeness (QED) is 0.733. The van der Waals surface area contributed by atoms with E-state index in [1.165, 1.54) is 19.3 Å². The van der Waals surface area contributed by atoms with Crippen LogP contribution >= 0.6 is 0 Å². The lowest BCUT2D eigenvalue weighted by atomic mass is 9.95. The Morgan fingerprint density at radius 1 is 0.792 bits per heavy atom. The molecule has 6 heteroatoms. The van der Waals surface area contributed by atoms with Crippen LogP contribution in [0.2, 0.25) is 0 Å². The van der Waals surface area contributed by atoms with Crippen LogP contribution in [0, 0.1) is 5.92 Å². The summed E-state index contributed by atoms with van der Waals surface area (Å²) in [6.07, 6.45) is 9.62. The van der Waals surface area contributed by atoms with Crippen molar-refractivity contribution in [1.82, 2.24) is 20.9 Å². The summed E-state index contributed by atoms with van der Waals surface area (Å²) in [5.41, 5.74) is 0. The SMILES string of the molecule is O=C(NC1CCCCC1)NC1CCN(C(=O)C2CCNCC2)CC1. The molecule has 2 aliphatic heterocycles. The van der Waals surface area contributed by atoms with Crippen molar-refractivity contribution in [2.24, 2.45) is 5.92 Å². The first kappa shape index (κ1) is 17.5. The number of likely N-dealkylation sites (tertiary alicyclic amines) is 1. The maximum absolute atomic E-state index is 12.5. The van der Waals surface area contributed by atoms with Crippen molar-refractivity contribution in [3.8, 4) is 0 Å². The van der Waals surface area contributed by atoms with Crippen LogP contribution in [0.15, 0.2) is 0 Å². The number of amides is 3. The Morgan fingerprint density at radius 2 is 1.38 bits per heavy atom. The van der Waals surface area contributed by atoms with Gasteiger partial charge in [-0.1, -0.05) is 19.3 Å². The summed E-state index contributed by atoms with van der Waals surface area (Å²) in [6, 6.07) is 0.524. The van der Waals surface area contributed by atoms with Crippen LogP contribution in [0.25, 0.3) is 0 Å². The molecule has 136 valence electrons. The fraction of sp³-hybridized carbons (Fsp3) is 0.889. The number of nitrogens with zero attached hydrogens (tertiary/aromatic N) is 1. The van der Waals surface area contributed by atoms with E-state index in [1.807, 2.05) is 4.90 Å². The molecule has 0 spiro atoms. The zero-order valence-electron chi connectivity index (χ0n) is 14.7. The molecule has 6 nitrogen and oxygen atoms in total. The van der Waals surface area contributed by atoms with Gasteiger partial charge in [0, 0.05) is 31.1 Å². The normalized spacial score (nSPS) is 24.6. The van der Waals surface area contributed by atoms with Crippen molar-refractivity contribution in [2.45, 2.75) is 69.9 Å². The van der Waals surface area contributed by atoms with Gasteiger partial charge in [0.05, 0.1) is 0 Å². The van der Waals surface area contributed by atoms with E-state index in [9.17, 15) is 9.59 Å². The van der Waals surface area contributed by atoms with E-state index in [-0.39, 0.29) is 18.0 Å². The van der Waals surface area contributed by atoms with Crippen LogP contribution in [-0.4, -0.2) is 55.1 Å². The van der Waals surface area contributed by atoms with E-state index in [4.69, 9.17) is 0 Å². The van der Waals surface area contributed by atoms with Crippen molar-refractivity contribution >= 4 is 11.9 Å². The average molecular weight is 336 g/mol. The number of hydrogen-bond donors (Lipinski definition) is 3. The topological polar surface area (TPSA) is 73.5 Å². The van der Waals surface area contributed by atoms with Gasteiger partial charge in [-0.2, -0.15) is 0 Å². The van der Waals surface area contributed by atoms with E-state index in [1.54, 1.807) is 0 Å². The van der Waals surface area contributed by atoms with E-state index in [0.717, 1.165) is 64.7 Å². The van der Waals surface area contributed by atoms with Crippen molar-refractivity contribution in [3.63, 3.8) is 0 Å². The van der Waals surface area contributed by atoms with Crippen molar-refractivity contribution < 1.29 is 9.59 Å². The van der Waals surface area contributed by atoms with E-state index in [2.05, 4.69) is 16.0 Å². The second-order valence-corrected chi connectivity index (χ2v) is 7.58. The molecule has 24 heavy (non-hydrogen) atoms. The summed E-state index contributed by atoms with van der Waals surface area (Å²) >= 11 is 0. The second-order valence-electron chi connectivity index (χ2n) is 7.58. The van der Waals surface area contributed by atoms with Gasteiger partial charge in [-0.25, -0.2) is 4.79 Å². The number of hydrogen-bond acceptors (Lipinski definition) is 3. The minimum atomic E-state index is -0.0231. The molecule has 0 aromatic carbocycles. The monoisotopic (exact) mass is 336 g/mol. The van der Waals surface area contributed by atoms with Crippen LogP contribution in [0.1, 0.15) is 57.8 Å². The van der Waals surface area contributed by atoms with Gasteiger partial charge in [-0.15, -0.1) is 0 Å². The molecule has 0 radical (unpaired) electrons. The molecule has 0 aromatic rings. The summed E-state index contributed by atoms with van der Waals surface area (Å²) in [6.45, 7) is 3.46. The molecule has 2 heterocycles. The molecule has 3 N–H and O–H groups in total. The molecule has 0 unspecified atom stereocenters. The Bertz CT molecular complexity index is 423. The minimum Gasteiger partial charge on any atom is -0.342 e. The third kappa shape index (κ3) is 4.85. The number of carbonyl (C=O) groups excluding carboxylic acids is 2. The first-order valence-electron chi connectivity index (χ1n) is 9.79. The lowest BCUT2D eigenvalue weighted by molar-refractivity contribution is -0.137. The Labute approximate surface area is 145 Å². The van der Waals surface area contributed by atoms with E-state index < -0.39 is 0 Å². The lowest BCUT2D eigenvalue weighted by Gasteiger charge is -2.35. The lowest BCUT2D eigenvalue weighted by Crippen LogP contribution is -2.52. The second kappa shape index (κ2) is 8.70. The summed E-state index contributed by atoms with van der Waals surface area (Å²) in [7, 11) is 0. The van der Waals surface area contributed by atoms with Crippen LogP contribution in [0.5, 0.6) is 0 Å². The highest BCUT2D eigenvalue weighted by molar-refractivity contribution is 5.79. The zero-order chi connectivity index (χ0) is 16.8. The molecular formula is C18H32N4O2. The van der Waals surface area contributed by atoms with Crippen LogP contribution < -0.4 is 16.0 Å². The molecule has 3 rings (SSSR count). The molecular weight excluding hydrogens is 304 g/mol. The largest absolute Gasteiger partial charge is 0.342 e. The predicted molar refractivity (Wildman–Crippen MR) is 93.7 cm³/mol. The number of nitrogens with one attached hydrogen (secondary N) is 3. The van der Waals surface area contributed by atoms with Crippen molar-refractivity contribution in [1.29, 1.82) is 0 Å².